The van der Waals surface area contributed by atoms with Gasteiger partial charge in [-0.3, -0.25) is 9.59 Å². The molecule has 0 aliphatic heterocycles. The first kappa shape index (κ1) is 30.3. The maximum atomic E-state index is 13.7. The SMILES string of the molecule is COCCN(CC(=O)N(Cc1ccccc1)Cc1coc2ccc(C)cc2c1=O)C(=O)Nc1ccccc1C(F)(F)F. The molecule has 3 aromatic carbocycles. The van der Waals surface area contributed by atoms with E-state index in [0.29, 0.717) is 11.0 Å². The maximum Gasteiger partial charge on any atom is 0.418 e. The van der Waals surface area contributed by atoms with Gasteiger partial charge in [0.25, 0.3) is 0 Å². The van der Waals surface area contributed by atoms with Gasteiger partial charge < -0.3 is 24.3 Å². The number of hydrogen-bond acceptors (Lipinski definition) is 5. The van der Waals surface area contributed by atoms with Crippen molar-refractivity contribution in [1.82, 2.24) is 9.80 Å². The number of fused-ring (bicyclic) bond motifs is 1. The Kier molecular flexibility index (Phi) is 9.64. The summed E-state index contributed by atoms with van der Waals surface area (Å²) in [5.41, 5.74) is 0.565. The summed E-state index contributed by atoms with van der Waals surface area (Å²) >= 11 is 0. The van der Waals surface area contributed by atoms with Crippen LogP contribution >= 0.6 is 0 Å². The molecule has 1 aromatic heterocycles. The fraction of sp³-hybridized carbons (Fsp3) is 0.258. The van der Waals surface area contributed by atoms with Crippen molar-refractivity contribution < 1.29 is 31.9 Å². The number of para-hydroxylation sites is 1. The van der Waals surface area contributed by atoms with E-state index in [4.69, 9.17) is 9.15 Å². The molecule has 1 N–H and O–H groups in total. The quantitative estimate of drug-likeness (QED) is 0.255. The van der Waals surface area contributed by atoms with Gasteiger partial charge in [-0.05, 0) is 36.8 Å². The minimum absolute atomic E-state index is 0.0356. The number of rotatable bonds is 10. The van der Waals surface area contributed by atoms with Crippen LogP contribution in [0.4, 0.5) is 23.7 Å². The first-order valence-corrected chi connectivity index (χ1v) is 13.1. The third-order valence-corrected chi connectivity index (χ3v) is 6.58. The van der Waals surface area contributed by atoms with Crippen LogP contribution in [0.25, 0.3) is 11.0 Å². The van der Waals surface area contributed by atoms with E-state index in [1.807, 2.05) is 43.3 Å². The average Bonchev–Trinajstić information content (AvgIpc) is 2.96. The number of halogens is 3. The van der Waals surface area contributed by atoms with Crippen molar-refractivity contribution in [2.24, 2.45) is 0 Å². The summed E-state index contributed by atoms with van der Waals surface area (Å²) in [4.78, 5) is 42.6. The van der Waals surface area contributed by atoms with Crippen LogP contribution in [0, 0.1) is 6.92 Å². The highest BCUT2D eigenvalue weighted by Crippen LogP contribution is 2.34. The van der Waals surface area contributed by atoms with E-state index in [-0.39, 0.29) is 37.2 Å². The minimum Gasteiger partial charge on any atom is -0.464 e. The smallest absolute Gasteiger partial charge is 0.418 e. The number of carbonyl (C=O) groups is 2. The number of aryl methyl sites for hydroxylation is 1. The molecule has 8 nitrogen and oxygen atoms in total. The number of amides is 3. The van der Waals surface area contributed by atoms with E-state index in [1.165, 1.54) is 30.4 Å². The molecule has 4 rings (SSSR count). The van der Waals surface area contributed by atoms with Gasteiger partial charge in [0.1, 0.15) is 12.1 Å². The summed E-state index contributed by atoms with van der Waals surface area (Å²) < 4.78 is 51.3. The van der Waals surface area contributed by atoms with Crippen molar-refractivity contribution >= 4 is 28.6 Å². The molecular weight excluding hydrogens is 551 g/mol. The monoisotopic (exact) mass is 581 g/mol. The van der Waals surface area contributed by atoms with Crippen molar-refractivity contribution in [2.45, 2.75) is 26.2 Å². The van der Waals surface area contributed by atoms with Gasteiger partial charge in [0, 0.05) is 20.2 Å². The second-order valence-corrected chi connectivity index (χ2v) is 9.71. The van der Waals surface area contributed by atoms with Crippen molar-refractivity contribution in [3.05, 3.63) is 112 Å². The van der Waals surface area contributed by atoms with Crippen molar-refractivity contribution in [3.8, 4) is 0 Å². The summed E-state index contributed by atoms with van der Waals surface area (Å²) in [6.45, 7) is 1.34. The number of urea groups is 1. The topological polar surface area (TPSA) is 92.1 Å². The number of anilines is 1. The number of ether oxygens (including phenoxy) is 1. The molecule has 11 heteroatoms. The summed E-state index contributed by atoms with van der Waals surface area (Å²) in [5, 5.41) is 2.66. The Morgan fingerprint density at radius 3 is 2.38 bits per heavy atom. The number of carbonyl (C=O) groups excluding carboxylic acids is 2. The van der Waals surface area contributed by atoms with Crippen LogP contribution in [0.15, 0.2) is 88.3 Å². The molecule has 0 aliphatic carbocycles. The predicted molar refractivity (Wildman–Crippen MR) is 152 cm³/mol. The molecule has 0 saturated carbocycles. The van der Waals surface area contributed by atoms with Crippen molar-refractivity contribution in [2.75, 3.05) is 32.1 Å². The third-order valence-electron chi connectivity index (χ3n) is 6.58. The molecule has 0 saturated heterocycles. The van der Waals surface area contributed by atoms with E-state index >= 15 is 0 Å². The standard InChI is InChI=1S/C31H30F3N3O5/c1-21-12-13-27-24(16-21)29(39)23(20-42-27)18-37(17-22-8-4-3-5-9-22)28(38)19-36(14-15-41-2)30(40)35-26-11-7-6-10-25(26)31(32,33)34/h3-13,16,20H,14-15,17-19H2,1-2H3,(H,35,40). The second kappa shape index (κ2) is 13.3. The number of alkyl halides is 3. The van der Waals surface area contributed by atoms with Gasteiger partial charge in [-0.15, -0.1) is 0 Å². The Bertz CT molecular complexity index is 1610. The normalized spacial score (nSPS) is 11.4. The molecule has 220 valence electrons. The van der Waals surface area contributed by atoms with Gasteiger partial charge >= 0.3 is 12.2 Å². The van der Waals surface area contributed by atoms with Crippen molar-refractivity contribution in [3.63, 3.8) is 0 Å². The zero-order chi connectivity index (χ0) is 30.3. The number of hydrogen-bond donors (Lipinski definition) is 1. The molecule has 0 radical (unpaired) electrons. The first-order chi connectivity index (χ1) is 20.1. The lowest BCUT2D eigenvalue weighted by Gasteiger charge is -2.28. The van der Waals surface area contributed by atoms with Gasteiger partial charge in [-0.1, -0.05) is 54.1 Å². The molecular formula is C31H30F3N3O5. The number of methoxy groups -OCH3 is 1. The highest BCUT2D eigenvalue weighted by atomic mass is 19.4. The molecule has 0 spiro atoms. The molecule has 0 aliphatic rings. The molecule has 4 aromatic rings. The zero-order valence-electron chi connectivity index (χ0n) is 23.1. The fourth-order valence-electron chi connectivity index (χ4n) is 4.39. The molecule has 0 atom stereocenters. The Morgan fingerprint density at radius 2 is 1.67 bits per heavy atom. The Hall–Kier alpha value is -4.64. The van der Waals surface area contributed by atoms with Crippen molar-refractivity contribution in [1.29, 1.82) is 0 Å². The average molecular weight is 582 g/mol. The number of benzene rings is 3. The molecule has 0 bridgehead atoms. The van der Waals surface area contributed by atoms with Crippen LogP contribution in [0.2, 0.25) is 0 Å². The lowest BCUT2D eigenvalue weighted by molar-refractivity contribution is -0.137. The summed E-state index contributed by atoms with van der Waals surface area (Å²) in [7, 11) is 1.40. The van der Waals surface area contributed by atoms with Crippen LogP contribution < -0.4 is 10.7 Å². The Morgan fingerprint density at radius 1 is 0.952 bits per heavy atom. The molecule has 0 unspecified atom stereocenters. The van der Waals surface area contributed by atoms with E-state index in [0.717, 1.165) is 28.2 Å². The summed E-state index contributed by atoms with van der Waals surface area (Å²) in [5.74, 6) is -0.530. The second-order valence-electron chi connectivity index (χ2n) is 9.71. The maximum absolute atomic E-state index is 13.7. The fourth-order valence-corrected chi connectivity index (χ4v) is 4.39. The lowest BCUT2D eigenvalue weighted by atomic mass is 10.1. The largest absolute Gasteiger partial charge is 0.464 e. The molecule has 3 amide bonds. The minimum atomic E-state index is -4.69. The van der Waals surface area contributed by atoms with Gasteiger partial charge in [0.2, 0.25) is 5.91 Å². The lowest BCUT2D eigenvalue weighted by Crippen LogP contribution is -2.45. The van der Waals surface area contributed by atoms with Gasteiger partial charge in [0.15, 0.2) is 5.43 Å². The van der Waals surface area contributed by atoms with Crippen LogP contribution in [0.3, 0.4) is 0 Å². The molecule has 0 fully saturated rings. The summed E-state index contributed by atoms with van der Waals surface area (Å²) in [6.07, 6.45) is -3.38. The Balaban J connectivity index is 1.61. The highest BCUT2D eigenvalue weighted by Gasteiger charge is 2.34. The van der Waals surface area contributed by atoms with Crippen LogP contribution in [-0.2, 0) is 28.8 Å². The van der Waals surface area contributed by atoms with Crippen LogP contribution in [-0.4, -0.2) is 48.5 Å². The zero-order valence-corrected chi connectivity index (χ0v) is 23.1. The molecule has 42 heavy (non-hydrogen) atoms. The predicted octanol–water partition coefficient (Wildman–Crippen LogP) is 5.83. The Labute approximate surface area is 240 Å². The van der Waals surface area contributed by atoms with E-state index in [2.05, 4.69) is 5.32 Å². The van der Waals surface area contributed by atoms with Crippen LogP contribution in [0.5, 0.6) is 0 Å². The van der Waals surface area contributed by atoms with E-state index in [9.17, 15) is 27.6 Å². The van der Waals surface area contributed by atoms with Crippen LogP contribution in [0.1, 0.15) is 22.3 Å². The highest BCUT2D eigenvalue weighted by molar-refractivity contribution is 5.93. The van der Waals surface area contributed by atoms with E-state index < -0.39 is 35.9 Å². The first-order valence-electron chi connectivity index (χ1n) is 13.1. The van der Waals surface area contributed by atoms with Gasteiger partial charge in [-0.2, -0.15) is 13.2 Å². The molecule has 1 heterocycles. The number of nitrogens with one attached hydrogen (secondary N) is 1. The third kappa shape index (κ3) is 7.55. The van der Waals surface area contributed by atoms with E-state index in [1.54, 1.807) is 12.1 Å². The number of nitrogens with zero attached hydrogens (tertiary/aromatic N) is 2. The summed E-state index contributed by atoms with van der Waals surface area (Å²) in [6, 6.07) is 18.0. The van der Waals surface area contributed by atoms with Gasteiger partial charge in [0.05, 0.1) is 41.6 Å². The van der Waals surface area contributed by atoms with Gasteiger partial charge in [-0.25, -0.2) is 4.79 Å².